The number of hydrogen-bond donors (Lipinski definition) is 1. The van der Waals surface area contributed by atoms with Crippen molar-refractivity contribution in [2.75, 3.05) is 6.61 Å². The minimum Gasteiger partial charge on any atom is -0.372 e. The summed E-state index contributed by atoms with van der Waals surface area (Å²) >= 11 is 0. The van der Waals surface area contributed by atoms with Crippen LogP contribution in [-0.2, 0) is 4.74 Å². The molecular formula is C18H23NO. The van der Waals surface area contributed by atoms with Gasteiger partial charge in [-0.15, -0.1) is 0 Å². The fraction of sp³-hybridized carbons (Fsp3) is 0.333. The van der Waals surface area contributed by atoms with Crippen molar-refractivity contribution in [3.63, 3.8) is 0 Å². The molecule has 0 aliphatic heterocycles. The van der Waals surface area contributed by atoms with E-state index in [2.05, 4.69) is 44.2 Å². The van der Waals surface area contributed by atoms with E-state index in [1.54, 1.807) is 0 Å². The van der Waals surface area contributed by atoms with Gasteiger partial charge < -0.3 is 10.5 Å². The van der Waals surface area contributed by atoms with Crippen molar-refractivity contribution in [3.8, 4) is 0 Å². The van der Waals surface area contributed by atoms with Gasteiger partial charge in [-0.1, -0.05) is 54.1 Å². The standard InChI is InChI=1S/C18H23NO/c1-4-20-18(15-8-6-5-7-9-15)17(19)16-11-10-13(2)12-14(16)3/h5-12,17-18H,4,19H2,1-3H3. The maximum Gasteiger partial charge on any atom is 0.102 e. The zero-order chi connectivity index (χ0) is 14.5. The lowest BCUT2D eigenvalue weighted by atomic mass is 9.92. The Hall–Kier alpha value is -1.64. The average Bonchev–Trinajstić information content (AvgIpc) is 2.45. The average molecular weight is 269 g/mol. The van der Waals surface area contributed by atoms with Gasteiger partial charge >= 0.3 is 0 Å². The van der Waals surface area contributed by atoms with Crippen molar-refractivity contribution < 1.29 is 4.74 Å². The van der Waals surface area contributed by atoms with E-state index in [0.717, 1.165) is 11.1 Å². The first kappa shape index (κ1) is 14.8. The molecule has 0 radical (unpaired) electrons. The molecule has 0 aliphatic carbocycles. The third-order valence-corrected chi connectivity index (χ3v) is 3.58. The number of rotatable bonds is 5. The number of ether oxygens (including phenoxy) is 1. The molecule has 2 atom stereocenters. The van der Waals surface area contributed by atoms with Gasteiger partial charge in [-0.25, -0.2) is 0 Å². The first-order valence-electron chi connectivity index (χ1n) is 7.12. The second kappa shape index (κ2) is 6.69. The van der Waals surface area contributed by atoms with Crippen LogP contribution in [0.15, 0.2) is 48.5 Å². The Morgan fingerprint density at radius 3 is 2.35 bits per heavy atom. The Bertz CT molecular complexity index is 551. The van der Waals surface area contributed by atoms with E-state index in [0.29, 0.717) is 6.61 Å². The molecule has 2 rings (SSSR count). The molecule has 2 unspecified atom stereocenters. The highest BCUT2D eigenvalue weighted by Crippen LogP contribution is 2.32. The smallest absolute Gasteiger partial charge is 0.102 e. The van der Waals surface area contributed by atoms with Gasteiger partial charge in [-0.2, -0.15) is 0 Å². The normalized spacial score (nSPS) is 14.0. The minimum atomic E-state index is -0.155. The monoisotopic (exact) mass is 269 g/mol. The Morgan fingerprint density at radius 1 is 1.05 bits per heavy atom. The van der Waals surface area contributed by atoms with Crippen LogP contribution in [0.3, 0.4) is 0 Å². The first-order valence-corrected chi connectivity index (χ1v) is 7.12. The summed E-state index contributed by atoms with van der Waals surface area (Å²) in [5.74, 6) is 0. The topological polar surface area (TPSA) is 35.2 Å². The van der Waals surface area contributed by atoms with Crippen molar-refractivity contribution >= 4 is 0 Å². The van der Waals surface area contributed by atoms with E-state index in [1.807, 2.05) is 25.1 Å². The van der Waals surface area contributed by atoms with Crippen LogP contribution in [0.25, 0.3) is 0 Å². The molecule has 0 spiro atoms. The molecule has 20 heavy (non-hydrogen) atoms. The predicted molar refractivity (Wildman–Crippen MR) is 83.7 cm³/mol. The summed E-state index contributed by atoms with van der Waals surface area (Å²) in [6.45, 7) is 6.86. The lowest BCUT2D eigenvalue weighted by Crippen LogP contribution is -2.23. The molecule has 2 aromatic rings. The van der Waals surface area contributed by atoms with Crippen molar-refractivity contribution in [1.82, 2.24) is 0 Å². The van der Waals surface area contributed by atoms with Crippen molar-refractivity contribution in [2.45, 2.75) is 32.9 Å². The molecule has 0 bridgehead atoms. The molecule has 2 heteroatoms. The van der Waals surface area contributed by atoms with Gasteiger partial charge in [-0.3, -0.25) is 0 Å². The number of aryl methyl sites for hydroxylation is 2. The highest BCUT2D eigenvalue weighted by Gasteiger charge is 2.22. The molecule has 0 aromatic heterocycles. The fourth-order valence-corrected chi connectivity index (χ4v) is 2.59. The molecule has 0 aliphatic rings. The van der Waals surface area contributed by atoms with Gasteiger partial charge in [-0.05, 0) is 37.5 Å². The molecule has 2 nitrogen and oxygen atoms in total. The highest BCUT2D eigenvalue weighted by atomic mass is 16.5. The molecule has 0 amide bonds. The molecule has 2 aromatic carbocycles. The third kappa shape index (κ3) is 3.27. The molecule has 2 N–H and O–H groups in total. The molecule has 0 saturated carbocycles. The summed E-state index contributed by atoms with van der Waals surface area (Å²) in [5, 5.41) is 0. The van der Waals surface area contributed by atoms with Crippen LogP contribution in [0, 0.1) is 13.8 Å². The second-order valence-electron chi connectivity index (χ2n) is 5.17. The van der Waals surface area contributed by atoms with Crippen molar-refractivity contribution in [3.05, 3.63) is 70.8 Å². The lowest BCUT2D eigenvalue weighted by Gasteiger charge is -2.26. The van der Waals surface area contributed by atoms with Crippen molar-refractivity contribution in [1.29, 1.82) is 0 Å². The van der Waals surface area contributed by atoms with Gasteiger partial charge in [0.15, 0.2) is 0 Å². The lowest BCUT2D eigenvalue weighted by molar-refractivity contribution is 0.0428. The maximum absolute atomic E-state index is 6.48. The number of nitrogens with two attached hydrogens (primary N) is 1. The molecule has 0 heterocycles. The summed E-state index contributed by atoms with van der Waals surface area (Å²) in [6, 6.07) is 16.4. The van der Waals surface area contributed by atoms with Crippen LogP contribution in [0.1, 0.15) is 41.3 Å². The van der Waals surface area contributed by atoms with Crippen LogP contribution in [0.4, 0.5) is 0 Å². The Labute approximate surface area is 121 Å². The predicted octanol–water partition coefficient (Wildman–Crippen LogP) is 4.08. The van der Waals surface area contributed by atoms with E-state index in [-0.39, 0.29) is 12.1 Å². The summed E-state index contributed by atoms with van der Waals surface area (Å²) in [5.41, 5.74) is 11.2. The van der Waals surface area contributed by atoms with E-state index >= 15 is 0 Å². The highest BCUT2D eigenvalue weighted by molar-refractivity contribution is 5.35. The number of hydrogen-bond acceptors (Lipinski definition) is 2. The fourth-order valence-electron chi connectivity index (χ4n) is 2.59. The quantitative estimate of drug-likeness (QED) is 0.887. The Kier molecular flexibility index (Phi) is 4.94. The largest absolute Gasteiger partial charge is 0.372 e. The van der Waals surface area contributed by atoms with Crippen LogP contribution in [0.2, 0.25) is 0 Å². The van der Waals surface area contributed by atoms with Gasteiger partial charge in [0.1, 0.15) is 6.10 Å². The van der Waals surface area contributed by atoms with Gasteiger partial charge in [0.25, 0.3) is 0 Å². The van der Waals surface area contributed by atoms with E-state index in [4.69, 9.17) is 10.5 Å². The zero-order valence-corrected chi connectivity index (χ0v) is 12.5. The summed E-state index contributed by atoms with van der Waals surface area (Å²) < 4.78 is 5.90. The van der Waals surface area contributed by atoms with Crippen LogP contribution in [-0.4, -0.2) is 6.61 Å². The van der Waals surface area contributed by atoms with Crippen LogP contribution >= 0.6 is 0 Å². The first-order chi connectivity index (χ1) is 9.63. The Balaban J connectivity index is 2.34. The maximum atomic E-state index is 6.48. The third-order valence-electron chi connectivity index (χ3n) is 3.58. The molecule has 0 saturated heterocycles. The summed E-state index contributed by atoms with van der Waals surface area (Å²) in [4.78, 5) is 0. The minimum absolute atomic E-state index is 0.109. The van der Waals surface area contributed by atoms with Crippen LogP contribution in [0.5, 0.6) is 0 Å². The molecular weight excluding hydrogens is 246 g/mol. The number of benzene rings is 2. The summed E-state index contributed by atoms with van der Waals surface area (Å²) in [7, 11) is 0. The van der Waals surface area contributed by atoms with Gasteiger partial charge in [0.2, 0.25) is 0 Å². The van der Waals surface area contributed by atoms with E-state index in [1.165, 1.54) is 11.1 Å². The zero-order valence-electron chi connectivity index (χ0n) is 12.5. The van der Waals surface area contributed by atoms with E-state index in [9.17, 15) is 0 Å². The van der Waals surface area contributed by atoms with Gasteiger partial charge in [0.05, 0.1) is 6.04 Å². The van der Waals surface area contributed by atoms with Crippen molar-refractivity contribution in [2.24, 2.45) is 5.73 Å². The van der Waals surface area contributed by atoms with Crippen LogP contribution < -0.4 is 5.73 Å². The Morgan fingerprint density at radius 2 is 1.75 bits per heavy atom. The molecule has 106 valence electrons. The molecule has 0 fully saturated rings. The van der Waals surface area contributed by atoms with E-state index < -0.39 is 0 Å². The summed E-state index contributed by atoms with van der Waals surface area (Å²) in [6.07, 6.45) is -0.109. The van der Waals surface area contributed by atoms with Gasteiger partial charge in [0, 0.05) is 6.61 Å². The second-order valence-corrected chi connectivity index (χ2v) is 5.17. The SMILES string of the molecule is CCOC(c1ccccc1)C(N)c1ccc(C)cc1C.